The van der Waals surface area contributed by atoms with Crippen molar-refractivity contribution in [1.82, 2.24) is 4.98 Å². The number of amides is 2. The lowest BCUT2D eigenvalue weighted by molar-refractivity contribution is -0.121. The lowest BCUT2D eigenvalue weighted by Crippen LogP contribution is -2.44. The van der Waals surface area contributed by atoms with Gasteiger partial charge in [-0.3, -0.25) is 9.59 Å². The molecular weight excluding hydrogens is 322 g/mol. The van der Waals surface area contributed by atoms with Gasteiger partial charge in [0, 0.05) is 12.2 Å². The fourth-order valence-corrected chi connectivity index (χ4v) is 4.19. The summed E-state index contributed by atoms with van der Waals surface area (Å²) in [5.74, 6) is -0.812. The first-order valence-electron chi connectivity index (χ1n) is 8.16. The number of carbonyl (C=O) groups is 2. The highest BCUT2D eigenvalue weighted by atomic mass is 32.1. The minimum atomic E-state index is -0.366. The largest absolute Gasteiger partial charge is 0.369 e. The Morgan fingerprint density at radius 1 is 1.38 bits per heavy atom. The molecule has 1 aromatic carbocycles. The average Bonchev–Trinajstić information content (AvgIpc) is 2.94. The van der Waals surface area contributed by atoms with Crippen LogP contribution in [0.2, 0.25) is 0 Å². The highest BCUT2D eigenvalue weighted by molar-refractivity contribution is 7.14. The number of hydrogen-bond donors (Lipinski definition) is 1. The van der Waals surface area contributed by atoms with E-state index in [1.807, 2.05) is 31.2 Å². The van der Waals surface area contributed by atoms with Gasteiger partial charge in [0.05, 0.1) is 16.6 Å². The van der Waals surface area contributed by atoms with Crippen molar-refractivity contribution in [3.05, 3.63) is 45.4 Å². The first-order valence-corrected chi connectivity index (χ1v) is 8.98. The molecule has 0 saturated heterocycles. The summed E-state index contributed by atoms with van der Waals surface area (Å²) >= 11 is 1.45. The second kappa shape index (κ2) is 6.73. The van der Waals surface area contributed by atoms with Gasteiger partial charge in [-0.2, -0.15) is 0 Å². The van der Waals surface area contributed by atoms with Gasteiger partial charge in [0.1, 0.15) is 4.88 Å². The summed E-state index contributed by atoms with van der Waals surface area (Å²) in [5, 5.41) is 0.982. The molecule has 1 aliphatic heterocycles. The molecule has 3 rings (SSSR count). The number of fused-ring (bicyclic) bond motifs is 1. The second-order valence-electron chi connectivity index (χ2n) is 6.12. The van der Waals surface area contributed by atoms with E-state index in [0.717, 1.165) is 34.8 Å². The van der Waals surface area contributed by atoms with Gasteiger partial charge >= 0.3 is 0 Å². The van der Waals surface area contributed by atoms with E-state index in [9.17, 15) is 9.59 Å². The summed E-state index contributed by atoms with van der Waals surface area (Å²) in [5.41, 5.74) is 8.12. The first-order chi connectivity index (χ1) is 11.5. The van der Waals surface area contributed by atoms with Crippen molar-refractivity contribution < 1.29 is 9.59 Å². The number of thiazole rings is 1. The van der Waals surface area contributed by atoms with Crippen LogP contribution in [0.5, 0.6) is 0 Å². The predicted molar refractivity (Wildman–Crippen MR) is 95.4 cm³/mol. The van der Waals surface area contributed by atoms with Crippen molar-refractivity contribution >= 4 is 28.8 Å². The normalized spacial score (nSPS) is 16.8. The number of aryl methyl sites for hydroxylation is 2. The summed E-state index contributed by atoms with van der Waals surface area (Å²) in [4.78, 5) is 31.7. The molecule has 0 aliphatic carbocycles. The molecule has 0 spiro atoms. The van der Waals surface area contributed by atoms with Crippen LogP contribution >= 0.6 is 11.3 Å². The van der Waals surface area contributed by atoms with Crippen LogP contribution in [0.1, 0.15) is 39.3 Å². The van der Waals surface area contributed by atoms with E-state index in [2.05, 4.69) is 11.9 Å². The molecule has 1 unspecified atom stereocenters. The van der Waals surface area contributed by atoms with Gasteiger partial charge in [-0.1, -0.05) is 25.1 Å². The highest BCUT2D eigenvalue weighted by Gasteiger charge is 2.33. The number of hydrogen-bond acceptors (Lipinski definition) is 4. The zero-order chi connectivity index (χ0) is 17.3. The van der Waals surface area contributed by atoms with E-state index in [1.165, 1.54) is 11.3 Å². The number of nitrogens with zero attached hydrogens (tertiary/aromatic N) is 2. The fourth-order valence-electron chi connectivity index (χ4n) is 3.07. The third kappa shape index (κ3) is 3.06. The Hall–Kier alpha value is -2.21. The van der Waals surface area contributed by atoms with Crippen LogP contribution < -0.4 is 10.6 Å². The van der Waals surface area contributed by atoms with Crippen molar-refractivity contribution in [3.63, 3.8) is 0 Å². The third-order valence-corrected chi connectivity index (χ3v) is 5.50. The number of rotatable bonds is 4. The van der Waals surface area contributed by atoms with Crippen LogP contribution in [-0.4, -0.2) is 23.3 Å². The Kier molecular flexibility index (Phi) is 4.66. The van der Waals surface area contributed by atoms with E-state index < -0.39 is 0 Å². The van der Waals surface area contributed by atoms with Crippen molar-refractivity contribution in [3.8, 4) is 0 Å². The smallest absolute Gasteiger partial charge is 0.270 e. The van der Waals surface area contributed by atoms with Gasteiger partial charge in [-0.05, 0) is 37.8 Å². The predicted octanol–water partition coefficient (Wildman–Crippen LogP) is 2.71. The number of carbonyl (C=O) groups excluding carboxylic acids is 2. The Balaban J connectivity index is 1.98. The number of para-hydroxylation sites is 1. The van der Waals surface area contributed by atoms with E-state index in [-0.39, 0.29) is 17.7 Å². The second-order valence-corrected chi connectivity index (χ2v) is 7.20. The molecule has 126 valence electrons. The molecule has 0 radical (unpaired) electrons. The average molecular weight is 343 g/mol. The maximum Gasteiger partial charge on any atom is 0.270 e. The molecule has 2 heterocycles. The zero-order valence-corrected chi connectivity index (χ0v) is 14.7. The monoisotopic (exact) mass is 343 g/mol. The number of benzene rings is 1. The standard InChI is InChI=1S/C18H21N3O2S/c1-3-6-15-20-11(2)16(24-15)18(23)21-10-13(17(19)22)9-12-7-4-5-8-14(12)21/h4-5,7-8,13H,3,6,9-10H2,1-2H3,(H2,19,22). The van der Waals surface area contributed by atoms with Crippen molar-refractivity contribution in [1.29, 1.82) is 0 Å². The van der Waals surface area contributed by atoms with Crippen molar-refractivity contribution in [2.75, 3.05) is 11.4 Å². The summed E-state index contributed by atoms with van der Waals surface area (Å²) in [7, 11) is 0. The topological polar surface area (TPSA) is 76.3 Å². The summed E-state index contributed by atoms with van der Waals surface area (Å²) in [6, 6.07) is 7.70. The maximum absolute atomic E-state index is 13.1. The molecular formula is C18H21N3O2S. The number of aromatic nitrogens is 1. The van der Waals surface area contributed by atoms with Crippen LogP contribution in [0, 0.1) is 12.8 Å². The molecule has 0 bridgehead atoms. The lowest BCUT2D eigenvalue weighted by atomic mass is 9.92. The van der Waals surface area contributed by atoms with Crippen molar-refractivity contribution in [2.24, 2.45) is 11.7 Å². The Morgan fingerprint density at radius 3 is 2.83 bits per heavy atom. The minimum absolute atomic E-state index is 0.0919. The number of anilines is 1. The molecule has 2 amide bonds. The van der Waals surface area contributed by atoms with Crippen LogP contribution in [0.3, 0.4) is 0 Å². The van der Waals surface area contributed by atoms with Crippen LogP contribution in [0.4, 0.5) is 5.69 Å². The summed E-state index contributed by atoms with van der Waals surface area (Å²) in [6.07, 6.45) is 2.45. The molecule has 24 heavy (non-hydrogen) atoms. The fraction of sp³-hybridized carbons (Fsp3) is 0.389. The molecule has 1 atom stereocenters. The van der Waals surface area contributed by atoms with Gasteiger partial charge in [0.2, 0.25) is 5.91 Å². The Labute approximate surface area is 145 Å². The minimum Gasteiger partial charge on any atom is -0.369 e. The quantitative estimate of drug-likeness (QED) is 0.927. The number of primary amides is 1. The van der Waals surface area contributed by atoms with E-state index in [0.29, 0.717) is 17.8 Å². The van der Waals surface area contributed by atoms with Gasteiger partial charge in [-0.25, -0.2) is 4.98 Å². The van der Waals surface area contributed by atoms with Crippen molar-refractivity contribution in [2.45, 2.75) is 33.1 Å². The number of nitrogens with two attached hydrogens (primary N) is 1. The van der Waals surface area contributed by atoms with Crippen LogP contribution in [-0.2, 0) is 17.6 Å². The molecule has 2 N–H and O–H groups in total. The van der Waals surface area contributed by atoms with Gasteiger partial charge < -0.3 is 10.6 Å². The highest BCUT2D eigenvalue weighted by Crippen LogP contribution is 2.32. The van der Waals surface area contributed by atoms with Gasteiger partial charge in [0.25, 0.3) is 5.91 Å². The van der Waals surface area contributed by atoms with Crippen LogP contribution in [0.15, 0.2) is 24.3 Å². The molecule has 1 aliphatic rings. The SMILES string of the molecule is CCCc1nc(C)c(C(=O)N2CC(C(N)=O)Cc3ccccc32)s1. The zero-order valence-electron chi connectivity index (χ0n) is 13.9. The molecule has 0 fully saturated rings. The molecule has 0 saturated carbocycles. The third-order valence-electron chi connectivity index (χ3n) is 4.30. The lowest BCUT2D eigenvalue weighted by Gasteiger charge is -2.33. The molecule has 1 aromatic heterocycles. The summed E-state index contributed by atoms with van der Waals surface area (Å²) < 4.78 is 0. The van der Waals surface area contributed by atoms with Gasteiger partial charge in [-0.15, -0.1) is 11.3 Å². The van der Waals surface area contributed by atoms with Crippen LogP contribution in [0.25, 0.3) is 0 Å². The molecule has 5 nitrogen and oxygen atoms in total. The van der Waals surface area contributed by atoms with E-state index in [4.69, 9.17) is 5.73 Å². The van der Waals surface area contributed by atoms with E-state index >= 15 is 0 Å². The molecule has 6 heteroatoms. The molecule has 2 aromatic rings. The van der Waals surface area contributed by atoms with Gasteiger partial charge in [0.15, 0.2) is 0 Å². The Morgan fingerprint density at radius 2 is 2.12 bits per heavy atom. The first kappa shape index (κ1) is 16.6. The Bertz CT molecular complexity index is 784. The summed E-state index contributed by atoms with van der Waals surface area (Å²) in [6.45, 7) is 4.28. The van der Waals surface area contributed by atoms with E-state index in [1.54, 1.807) is 4.90 Å². The maximum atomic E-state index is 13.1.